The molecule has 0 spiro atoms. The molecule has 6 heteroatoms. The Balaban J connectivity index is 2.43. The predicted molar refractivity (Wildman–Crippen MR) is 52.5 cm³/mol. The van der Waals surface area contributed by atoms with Crippen LogP contribution in [0.15, 0.2) is 18.7 Å². The van der Waals surface area contributed by atoms with Gasteiger partial charge in [-0.05, 0) is 13.8 Å². The van der Waals surface area contributed by atoms with Gasteiger partial charge >= 0.3 is 5.97 Å². The third-order valence-corrected chi connectivity index (χ3v) is 2.42. The van der Waals surface area contributed by atoms with E-state index in [1.807, 2.05) is 0 Å². The van der Waals surface area contributed by atoms with Gasteiger partial charge in [-0.1, -0.05) is 0 Å². The van der Waals surface area contributed by atoms with Gasteiger partial charge in [-0.15, -0.1) is 0 Å². The van der Waals surface area contributed by atoms with E-state index >= 15 is 0 Å². The molecule has 1 aliphatic heterocycles. The van der Waals surface area contributed by atoms with Gasteiger partial charge in [0, 0.05) is 18.0 Å². The van der Waals surface area contributed by atoms with Crippen LogP contribution in [0.1, 0.15) is 19.4 Å². The number of ether oxygens (including phenoxy) is 2. The molecule has 2 heterocycles. The zero-order chi connectivity index (χ0) is 11.8. The largest absolute Gasteiger partial charge is 0.479 e. The minimum atomic E-state index is -1.51. The van der Waals surface area contributed by atoms with E-state index in [1.54, 1.807) is 13.8 Å². The molecule has 1 aromatic heterocycles. The monoisotopic (exact) mass is 224 g/mol. The van der Waals surface area contributed by atoms with Crippen molar-refractivity contribution in [3.8, 4) is 0 Å². The molecule has 1 unspecified atom stereocenters. The Morgan fingerprint density at radius 2 is 2.06 bits per heavy atom. The number of carboxylic acids is 1. The van der Waals surface area contributed by atoms with E-state index < -0.39 is 17.4 Å². The molecule has 0 bridgehead atoms. The molecule has 1 aliphatic rings. The maximum Gasteiger partial charge on any atom is 0.343 e. The van der Waals surface area contributed by atoms with Crippen molar-refractivity contribution in [2.45, 2.75) is 25.2 Å². The van der Waals surface area contributed by atoms with Crippen LogP contribution in [0, 0.1) is 0 Å². The van der Waals surface area contributed by atoms with Gasteiger partial charge in [0.25, 0.3) is 0 Å². The molecular weight excluding hydrogens is 212 g/mol. The summed E-state index contributed by atoms with van der Waals surface area (Å²) >= 11 is 0. The molecule has 0 aromatic carbocycles. The summed E-state index contributed by atoms with van der Waals surface area (Å²) in [5, 5.41) is 9.29. The first-order valence-electron chi connectivity index (χ1n) is 4.79. The maximum atomic E-state index is 11.4. The lowest BCUT2D eigenvalue weighted by Crippen LogP contribution is -2.40. The molecule has 0 amide bonds. The first kappa shape index (κ1) is 11.0. The summed E-state index contributed by atoms with van der Waals surface area (Å²) in [5.41, 5.74) is -1.13. The van der Waals surface area contributed by atoms with Crippen molar-refractivity contribution >= 4 is 5.97 Å². The second-order valence-electron chi connectivity index (χ2n) is 4.05. The molecule has 0 radical (unpaired) electrons. The summed E-state index contributed by atoms with van der Waals surface area (Å²) in [6, 6.07) is 0. The topological polar surface area (TPSA) is 81.5 Å². The molecule has 16 heavy (non-hydrogen) atoms. The molecule has 0 aliphatic carbocycles. The van der Waals surface area contributed by atoms with Crippen molar-refractivity contribution in [1.29, 1.82) is 0 Å². The zero-order valence-electron chi connectivity index (χ0n) is 9.01. The molecule has 86 valence electrons. The van der Waals surface area contributed by atoms with Gasteiger partial charge < -0.3 is 14.6 Å². The average molecular weight is 224 g/mol. The van der Waals surface area contributed by atoms with Crippen LogP contribution in [0.4, 0.5) is 0 Å². The van der Waals surface area contributed by atoms with Gasteiger partial charge in [-0.25, -0.2) is 14.8 Å². The average Bonchev–Trinajstić information content (AvgIpc) is 2.57. The molecule has 1 fully saturated rings. The fourth-order valence-electron chi connectivity index (χ4n) is 1.63. The minimum Gasteiger partial charge on any atom is -0.479 e. The summed E-state index contributed by atoms with van der Waals surface area (Å²) in [7, 11) is 0. The third-order valence-electron chi connectivity index (χ3n) is 2.42. The predicted octanol–water partition coefficient (Wildman–Crippen LogP) is 0.539. The molecule has 0 saturated carbocycles. The summed E-state index contributed by atoms with van der Waals surface area (Å²) in [4.78, 5) is 18.9. The van der Waals surface area contributed by atoms with E-state index in [4.69, 9.17) is 9.47 Å². The SMILES string of the molecule is CC1(C)OCC(C(=O)O)(c2cncnc2)O1. The van der Waals surface area contributed by atoms with Crippen LogP contribution in [0.5, 0.6) is 0 Å². The van der Waals surface area contributed by atoms with Gasteiger partial charge in [0.15, 0.2) is 5.79 Å². The standard InChI is InChI=1S/C10H12N2O4/c1-9(2)15-5-10(16-9,8(13)14)7-3-11-6-12-4-7/h3-4,6H,5H2,1-2H3,(H,13,14). The Hall–Kier alpha value is -1.53. The fourth-order valence-corrected chi connectivity index (χ4v) is 1.63. The van der Waals surface area contributed by atoms with E-state index in [0.717, 1.165) is 0 Å². The van der Waals surface area contributed by atoms with Crippen molar-refractivity contribution < 1.29 is 19.4 Å². The first-order chi connectivity index (χ1) is 7.46. The highest BCUT2D eigenvalue weighted by molar-refractivity contribution is 5.79. The summed E-state index contributed by atoms with van der Waals surface area (Å²) in [6.45, 7) is 3.28. The van der Waals surface area contributed by atoms with Gasteiger partial charge in [0.05, 0.1) is 6.61 Å². The summed E-state index contributed by atoms with van der Waals surface area (Å²) in [6.07, 6.45) is 4.18. The van der Waals surface area contributed by atoms with Crippen molar-refractivity contribution in [1.82, 2.24) is 9.97 Å². The molecule has 1 saturated heterocycles. The normalized spacial score (nSPS) is 27.9. The van der Waals surface area contributed by atoms with E-state index in [9.17, 15) is 9.90 Å². The third kappa shape index (κ3) is 1.66. The van der Waals surface area contributed by atoms with Crippen LogP contribution in [-0.4, -0.2) is 33.4 Å². The molecular formula is C10H12N2O4. The van der Waals surface area contributed by atoms with E-state index in [0.29, 0.717) is 5.56 Å². The van der Waals surface area contributed by atoms with Crippen molar-refractivity contribution in [3.05, 3.63) is 24.3 Å². The van der Waals surface area contributed by atoms with Gasteiger partial charge in [0.1, 0.15) is 6.33 Å². The highest BCUT2D eigenvalue weighted by atomic mass is 16.8. The van der Waals surface area contributed by atoms with Crippen molar-refractivity contribution in [2.75, 3.05) is 6.61 Å². The highest BCUT2D eigenvalue weighted by Gasteiger charge is 2.53. The van der Waals surface area contributed by atoms with Crippen molar-refractivity contribution in [2.24, 2.45) is 0 Å². The number of hydrogen-bond donors (Lipinski definition) is 1. The fraction of sp³-hybridized carbons (Fsp3) is 0.500. The van der Waals surface area contributed by atoms with Crippen LogP contribution in [-0.2, 0) is 19.9 Å². The zero-order valence-corrected chi connectivity index (χ0v) is 9.01. The molecule has 1 atom stereocenters. The van der Waals surface area contributed by atoms with E-state index in [2.05, 4.69) is 9.97 Å². The van der Waals surface area contributed by atoms with E-state index in [-0.39, 0.29) is 6.61 Å². The number of aromatic nitrogens is 2. The lowest BCUT2D eigenvalue weighted by atomic mass is 9.98. The van der Waals surface area contributed by atoms with Crippen LogP contribution in [0.3, 0.4) is 0 Å². The summed E-state index contributed by atoms with van der Waals surface area (Å²) in [5.74, 6) is -2.03. The lowest BCUT2D eigenvalue weighted by Gasteiger charge is -2.24. The van der Waals surface area contributed by atoms with E-state index in [1.165, 1.54) is 18.7 Å². The van der Waals surface area contributed by atoms with Crippen LogP contribution < -0.4 is 0 Å². The van der Waals surface area contributed by atoms with Crippen LogP contribution in [0.2, 0.25) is 0 Å². The molecule has 1 aromatic rings. The minimum absolute atomic E-state index is 0.0529. The quantitative estimate of drug-likeness (QED) is 0.789. The van der Waals surface area contributed by atoms with Crippen LogP contribution in [0.25, 0.3) is 0 Å². The summed E-state index contributed by atoms with van der Waals surface area (Å²) < 4.78 is 10.8. The van der Waals surface area contributed by atoms with Gasteiger partial charge in [-0.2, -0.15) is 0 Å². The number of rotatable bonds is 2. The Kier molecular flexibility index (Phi) is 2.40. The second-order valence-corrected chi connectivity index (χ2v) is 4.05. The number of aliphatic carboxylic acids is 1. The maximum absolute atomic E-state index is 11.4. The number of carboxylic acid groups (broad SMARTS) is 1. The van der Waals surface area contributed by atoms with Crippen LogP contribution >= 0.6 is 0 Å². The number of hydrogen-bond acceptors (Lipinski definition) is 5. The Morgan fingerprint density at radius 3 is 2.50 bits per heavy atom. The Bertz CT molecular complexity index is 407. The van der Waals surface area contributed by atoms with Crippen molar-refractivity contribution in [3.63, 3.8) is 0 Å². The Labute approximate surface area is 92.2 Å². The molecule has 1 N–H and O–H groups in total. The highest BCUT2D eigenvalue weighted by Crippen LogP contribution is 2.38. The number of carbonyl (C=O) groups is 1. The van der Waals surface area contributed by atoms with Gasteiger partial charge in [0.2, 0.25) is 5.60 Å². The second kappa shape index (κ2) is 3.50. The molecule has 6 nitrogen and oxygen atoms in total. The lowest BCUT2D eigenvalue weighted by molar-refractivity contribution is -0.187. The Morgan fingerprint density at radius 1 is 1.44 bits per heavy atom. The van der Waals surface area contributed by atoms with Gasteiger partial charge in [-0.3, -0.25) is 0 Å². The molecule has 2 rings (SSSR count). The smallest absolute Gasteiger partial charge is 0.343 e. The first-order valence-corrected chi connectivity index (χ1v) is 4.79. The number of nitrogens with zero attached hydrogens (tertiary/aromatic N) is 2.